The van der Waals surface area contributed by atoms with Crippen LogP contribution < -0.4 is 14.8 Å². The van der Waals surface area contributed by atoms with Crippen LogP contribution in [0.4, 0.5) is 4.39 Å². The first kappa shape index (κ1) is 16.3. The van der Waals surface area contributed by atoms with Gasteiger partial charge in [-0.3, -0.25) is 4.79 Å². The van der Waals surface area contributed by atoms with Crippen molar-refractivity contribution in [3.05, 3.63) is 64.4 Å². The van der Waals surface area contributed by atoms with Crippen LogP contribution in [-0.4, -0.2) is 12.7 Å². The molecule has 1 aliphatic heterocycles. The van der Waals surface area contributed by atoms with E-state index in [1.54, 1.807) is 12.1 Å². The number of carbonyl (C=O) groups excluding carboxylic acids is 1. The van der Waals surface area contributed by atoms with Crippen molar-refractivity contribution in [2.45, 2.75) is 13.0 Å². The lowest BCUT2D eigenvalue weighted by Gasteiger charge is -2.13. The van der Waals surface area contributed by atoms with Gasteiger partial charge in [-0.05, 0) is 42.8 Å². The summed E-state index contributed by atoms with van der Waals surface area (Å²) < 4.78 is 24.2. The highest BCUT2D eigenvalue weighted by molar-refractivity contribution is 6.32. The number of ether oxygens (including phenoxy) is 2. The summed E-state index contributed by atoms with van der Waals surface area (Å²) >= 11 is 5.92. The molecule has 4 nitrogen and oxygen atoms in total. The molecule has 2 aromatic carbocycles. The van der Waals surface area contributed by atoms with Gasteiger partial charge in [-0.2, -0.15) is 0 Å². The summed E-state index contributed by atoms with van der Waals surface area (Å²) in [6.07, 6.45) is 2.62. The van der Waals surface area contributed by atoms with Crippen molar-refractivity contribution in [3.8, 4) is 11.5 Å². The summed E-state index contributed by atoms with van der Waals surface area (Å²) in [5.74, 6) is 0.517. The van der Waals surface area contributed by atoms with E-state index in [-0.39, 0.29) is 29.3 Å². The molecule has 1 atom stereocenters. The minimum Gasteiger partial charge on any atom is -0.454 e. The standard InChI is InChI=1S/C18H15ClFNO3/c1-11(12-5-7-16-17(9-12)24-10-23-16)21-18(22)8-6-13-14(19)3-2-4-15(13)20/h2-9,11H,10H2,1H3,(H,21,22). The molecule has 0 fully saturated rings. The van der Waals surface area contributed by atoms with Gasteiger partial charge < -0.3 is 14.8 Å². The Morgan fingerprint density at radius 3 is 2.88 bits per heavy atom. The van der Waals surface area contributed by atoms with E-state index in [1.807, 2.05) is 19.1 Å². The molecule has 1 aliphatic rings. The first-order valence-electron chi connectivity index (χ1n) is 7.37. The maximum atomic E-state index is 13.7. The van der Waals surface area contributed by atoms with Gasteiger partial charge in [-0.15, -0.1) is 0 Å². The van der Waals surface area contributed by atoms with Crippen molar-refractivity contribution in [2.24, 2.45) is 0 Å². The molecule has 0 saturated heterocycles. The van der Waals surface area contributed by atoms with Crippen molar-refractivity contribution in [1.82, 2.24) is 5.32 Å². The molecule has 0 saturated carbocycles. The number of amides is 1. The zero-order chi connectivity index (χ0) is 17.1. The summed E-state index contributed by atoms with van der Waals surface area (Å²) in [5.41, 5.74) is 1.06. The molecular formula is C18H15ClFNO3. The number of benzene rings is 2. The number of rotatable bonds is 4. The number of fused-ring (bicyclic) bond motifs is 1. The number of hydrogen-bond donors (Lipinski definition) is 1. The van der Waals surface area contributed by atoms with Crippen molar-refractivity contribution >= 4 is 23.6 Å². The number of halogens is 2. The minimum atomic E-state index is -0.477. The molecule has 24 heavy (non-hydrogen) atoms. The van der Waals surface area contributed by atoms with E-state index in [2.05, 4.69) is 5.32 Å². The predicted molar refractivity (Wildman–Crippen MR) is 89.6 cm³/mol. The maximum Gasteiger partial charge on any atom is 0.244 e. The van der Waals surface area contributed by atoms with Gasteiger partial charge in [-0.1, -0.05) is 23.7 Å². The molecule has 2 aromatic rings. The number of nitrogens with one attached hydrogen (secondary N) is 1. The van der Waals surface area contributed by atoms with Crippen LogP contribution in [-0.2, 0) is 4.79 Å². The highest BCUT2D eigenvalue weighted by atomic mass is 35.5. The van der Waals surface area contributed by atoms with Crippen LogP contribution in [0.5, 0.6) is 11.5 Å². The SMILES string of the molecule is CC(NC(=O)C=Cc1c(F)cccc1Cl)c1ccc2c(c1)OCO2. The summed E-state index contributed by atoms with van der Waals surface area (Å²) in [4.78, 5) is 12.0. The van der Waals surface area contributed by atoms with Gasteiger partial charge >= 0.3 is 0 Å². The minimum absolute atomic E-state index is 0.185. The van der Waals surface area contributed by atoms with E-state index in [4.69, 9.17) is 21.1 Å². The topological polar surface area (TPSA) is 47.6 Å². The zero-order valence-corrected chi connectivity index (χ0v) is 13.6. The van der Waals surface area contributed by atoms with E-state index >= 15 is 0 Å². The Hall–Kier alpha value is -2.53. The molecule has 1 heterocycles. The Morgan fingerprint density at radius 2 is 2.08 bits per heavy atom. The van der Waals surface area contributed by atoms with E-state index < -0.39 is 5.82 Å². The van der Waals surface area contributed by atoms with E-state index in [0.717, 1.165) is 5.56 Å². The first-order chi connectivity index (χ1) is 11.5. The molecule has 124 valence electrons. The van der Waals surface area contributed by atoms with Gasteiger partial charge in [0.25, 0.3) is 0 Å². The summed E-state index contributed by atoms with van der Waals surface area (Å²) in [7, 11) is 0. The Kier molecular flexibility index (Phi) is 4.71. The second kappa shape index (κ2) is 6.93. The molecule has 0 radical (unpaired) electrons. The monoisotopic (exact) mass is 347 g/mol. The number of carbonyl (C=O) groups is 1. The van der Waals surface area contributed by atoms with E-state index in [1.165, 1.54) is 24.3 Å². The number of hydrogen-bond acceptors (Lipinski definition) is 3. The van der Waals surface area contributed by atoms with Crippen LogP contribution in [0.2, 0.25) is 5.02 Å². The highest BCUT2D eigenvalue weighted by Gasteiger charge is 2.16. The lowest BCUT2D eigenvalue weighted by atomic mass is 10.1. The van der Waals surface area contributed by atoms with Gasteiger partial charge in [0.2, 0.25) is 12.7 Å². The normalized spacial score (nSPS) is 14.0. The predicted octanol–water partition coefficient (Wildman–Crippen LogP) is 4.10. The fourth-order valence-electron chi connectivity index (χ4n) is 2.36. The fourth-order valence-corrected chi connectivity index (χ4v) is 2.58. The largest absolute Gasteiger partial charge is 0.454 e. The first-order valence-corrected chi connectivity index (χ1v) is 7.74. The summed E-state index contributed by atoms with van der Waals surface area (Å²) in [6, 6.07) is 9.61. The molecule has 0 bridgehead atoms. The van der Waals surface area contributed by atoms with E-state index in [0.29, 0.717) is 11.5 Å². The Bertz CT molecular complexity index is 787. The molecule has 0 spiro atoms. The van der Waals surface area contributed by atoms with Gasteiger partial charge in [0.15, 0.2) is 11.5 Å². The van der Waals surface area contributed by atoms with Crippen molar-refractivity contribution in [3.63, 3.8) is 0 Å². The third-order valence-corrected chi connectivity index (χ3v) is 3.99. The van der Waals surface area contributed by atoms with Crippen LogP contribution in [0.15, 0.2) is 42.5 Å². The van der Waals surface area contributed by atoms with Gasteiger partial charge in [0, 0.05) is 11.6 Å². The third kappa shape index (κ3) is 3.51. The van der Waals surface area contributed by atoms with E-state index in [9.17, 15) is 9.18 Å². The van der Waals surface area contributed by atoms with Crippen LogP contribution in [0.3, 0.4) is 0 Å². The second-order valence-corrected chi connectivity index (χ2v) is 5.72. The molecule has 0 aromatic heterocycles. The van der Waals surface area contributed by atoms with Crippen LogP contribution >= 0.6 is 11.6 Å². The Labute approximate surface area is 143 Å². The third-order valence-electron chi connectivity index (χ3n) is 3.66. The Balaban J connectivity index is 1.67. The lowest BCUT2D eigenvalue weighted by molar-refractivity contribution is -0.117. The van der Waals surface area contributed by atoms with Gasteiger partial charge in [0.05, 0.1) is 11.1 Å². The fraction of sp³-hybridized carbons (Fsp3) is 0.167. The lowest BCUT2D eigenvalue weighted by Crippen LogP contribution is -2.24. The van der Waals surface area contributed by atoms with Gasteiger partial charge in [-0.25, -0.2) is 4.39 Å². The van der Waals surface area contributed by atoms with Crippen molar-refractivity contribution in [2.75, 3.05) is 6.79 Å². The highest BCUT2D eigenvalue weighted by Crippen LogP contribution is 2.34. The molecule has 1 amide bonds. The van der Waals surface area contributed by atoms with Crippen molar-refractivity contribution in [1.29, 1.82) is 0 Å². The molecule has 1 N–H and O–H groups in total. The average Bonchev–Trinajstić information content (AvgIpc) is 3.01. The van der Waals surface area contributed by atoms with Crippen LogP contribution in [0.25, 0.3) is 6.08 Å². The summed E-state index contributed by atoms with van der Waals surface area (Å²) in [5, 5.41) is 3.06. The van der Waals surface area contributed by atoms with Crippen LogP contribution in [0.1, 0.15) is 24.1 Å². The Morgan fingerprint density at radius 1 is 1.29 bits per heavy atom. The van der Waals surface area contributed by atoms with Gasteiger partial charge in [0.1, 0.15) is 5.82 Å². The molecule has 0 aliphatic carbocycles. The zero-order valence-electron chi connectivity index (χ0n) is 12.9. The summed E-state index contributed by atoms with van der Waals surface area (Å²) in [6.45, 7) is 2.05. The quantitative estimate of drug-likeness (QED) is 0.847. The van der Waals surface area contributed by atoms with Crippen molar-refractivity contribution < 1.29 is 18.7 Å². The molecular weight excluding hydrogens is 333 g/mol. The van der Waals surface area contributed by atoms with Crippen LogP contribution in [0, 0.1) is 5.82 Å². The maximum absolute atomic E-state index is 13.7. The molecule has 6 heteroatoms. The second-order valence-electron chi connectivity index (χ2n) is 5.31. The molecule has 1 unspecified atom stereocenters. The molecule has 3 rings (SSSR count). The average molecular weight is 348 g/mol. The smallest absolute Gasteiger partial charge is 0.244 e.